The molecule has 8 heteroatoms. The number of nitrogen functional groups attached to an aromatic ring is 1. The summed E-state index contributed by atoms with van der Waals surface area (Å²) in [6.45, 7) is 1.08. The zero-order valence-corrected chi connectivity index (χ0v) is 13.1. The van der Waals surface area contributed by atoms with E-state index in [1.807, 2.05) is 0 Å². The van der Waals surface area contributed by atoms with Gasteiger partial charge in [-0.15, -0.1) is 0 Å². The van der Waals surface area contributed by atoms with Crippen LogP contribution in [-0.4, -0.2) is 53.2 Å². The molecule has 0 aliphatic carbocycles. The fraction of sp³-hybridized carbons (Fsp3) is 0.500. The lowest BCUT2D eigenvalue weighted by atomic mass is 10.3. The van der Waals surface area contributed by atoms with Gasteiger partial charge < -0.3 is 15.2 Å². The maximum absolute atomic E-state index is 12.5. The summed E-state index contributed by atoms with van der Waals surface area (Å²) in [6, 6.07) is 4.25. The predicted molar refractivity (Wildman–Crippen MR) is 78.4 cm³/mol. The quantitative estimate of drug-likeness (QED) is 0.727. The maximum Gasteiger partial charge on any atom is 0.243 e. The van der Waals surface area contributed by atoms with Crippen molar-refractivity contribution in [3.63, 3.8) is 0 Å². The molecule has 0 aromatic heterocycles. The Labute approximate surface area is 124 Å². The molecule has 0 spiro atoms. The third-order valence-electron chi connectivity index (χ3n) is 2.70. The molecular weight excluding hydrogens is 304 g/mol. The Balaban J connectivity index is 3.03. The van der Waals surface area contributed by atoms with Crippen molar-refractivity contribution in [2.75, 3.05) is 46.3 Å². The fourth-order valence-corrected chi connectivity index (χ4v) is 3.24. The van der Waals surface area contributed by atoms with Gasteiger partial charge in [0.25, 0.3) is 0 Å². The van der Waals surface area contributed by atoms with Gasteiger partial charge in [0, 0.05) is 27.3 Å². The van der Waals surface area contributed by atoms with Crippen LogP contribution >= 0.6 is 11.6 Å². The maximum atomic E-state index is 12.5. The lowest BCUT2D eigenvalue weighted by Gasteiger charge is -2.21. The van der Waals surface area contributed by atoms with Crippen LogP contribution in [-0.2, 0) is 19.5 Å². The number of anilines is 1. The number of sulfonamides is 1. The van der Waals surface area contributed by atoms with Gasteiger partial charge >= 0.3 is 0 Å². The van der Waals surface area contributed by atoms with Crippen LogP contribution < -0.4 is 5.73 Å². The molecule has 1 aromatic rings. The molecule has 0 bridgehead atoms. The summed E-state index contributed by atoms with van der Waals surface area (Å²) in [6.07, 6.45) is 0. The van der Waals surface area contributed by atoms with E-state index in [1.54, 1.807) is 0 Å². The van der Waals surface area contributed by atoms with Crippen molar-refractivity contribution in [1.82, 2.24) is 4.31 Å². The predicted octanol–water partition coefficient (Wildman–Crippen LogP) is 1.21. The highest BCUT2D eigenvalue weighted by atomic mass is 35.5. The minimum atomic E-state index is -3.65. The van der Waals surface area contributed by atoms with Crippen molar-refractivity contribution in [2.24, 2.45) is 0 Å². The average molecular weight is 323 g/mol. The van der Waals surface area contributed by atoms with Crippen LogP contribution in [0.25, 0.3) is 0 Å². The second-order valence-corrected chi connectivity index (χ2v) is 6.42. The number of ether oxygens (including phenoxy) is 2. The van der Waals surface area contributed by atoms with Gasteiger partial charge in [-0.1, -0.05) is 11.6 Å². The second kappa shape index (κ2) is 7.80. The van der Waals surface area contributed by atoms with Gasteiger partial charge in [-0.3, -0.25) is 0 Å². The molecule has 0 fully saturated rings. The average Bonchev–Trinajstić information content (AvgIpc) is 2.41. The van der Waals surface area contributed by atoms with E-state index in [1.165, 1.54) is 36.7 Å². The molecule has 0 saturated heterocycles. The van der Waals surface area contributed by atoms with Crippen LogP contribution in [0.5, 0.6) is 0 Å². The number of hydrogen-bond donors (Lipinski definition) is 1. The third-order valence-corrected chi connectivity index (χ3v) is 4.92. The summed E-state index contributed by atoms with van der Waals surface area (Å²) in [5.74, 6) is 0. The molecule has 0 aliphatic heterocycles. The van der Waals surface area contributed by atoms with E-state index in [9.17, 15) is 8.42 Å². The first-order valence-corrected chi connectivity index (χ1v) is 7.78. The van der Waals surface area contributed by atoms with Crippen LogP contribution in [0.1, 0.15) is 0 Å². The van der Waals surface area contributed by atoms with E-state index < -0.39 is 10.0 Å². The first-order chi connectivity index (χ1) is 9.43. The Kier molecular flexibility index (Phi) is 6.70. The summed E-state index contributed by atoms with van der Waals surface area (Å²) in [5.41, 5.74) is 5.93. The highest BCUT2D eigenvalue weighted by Gasteiger charge is 2.24. The zero-order chi connectivity index (χ0) is 15.2. The normalized spacial score (nSPS) is 12.0. The van der Waals surface area contributed by atoms with E-state index in [4.69, 9.17) is 26.8 Å². The monoisotopic (exact) mass is 322 g/mol. The van der Waals surface area contributed by atoms with Crippen molar-refractivity contribution in [3.05, 3.63) is 23.2 Å². The second-order valence-electron chi connectivity index (χ2n) is 4.07. The Bertz CT molecular complexity index is 528. The number of benzene rings is 1. The number of methoxy groups -OCH3 is 2. The molecule has 0 unspecified atom stereocenters. The summed E-state index contributed by atoms with van der Waals surface area (Å²) in [4.78, 5) is 0.101. The van der Waals surface area contributed by atoms with E-state index in [-0.39, 0.29) is 23.0 Å². The largest absolute Gasteiger partial charge is 0.398 e. The molecule has 0 heterocycles. The summed E-state index contributed by atoms with van der Waals surface area (Å²) < 4.78 is 36.2. The van der Waals surface area contributed by atoms with E-state index in [0.29, 0.717) is 18.9 Å². The van der Waals surface area contributed by atoms with E-state index in [0.717, 1.165) is 0 Å². The Morgan fingerprint density at radius 2 is 1.75 bits per heavy atom. The topological polar surface area (TPSA) is 81.9 Å². The summed E-state index contributed by atoms with van der Waals surface area (Å²) in [5, 5.41) is 0.213. The van der Waals surface area contributed by atoms with Gasteiger partial charge in [0.05, 0.1) is 28.8 Å². The molecule has 0 aliphatic rings. The van der Waals surface area contributed by atoms with Crippen molar-refractivity contribution < 1.29 is 17.9 Å². The molecule has 0 atom stereocenters. The molecule has 1 aromatic carbocycles. The molecule has 6 nitrogen and oxygen atoms in total. The Hall–Kier alpha value is -0.860. The molecule has 0 amide bonds. The lowest BCUT2D eigenvalue weighted by molar-refractivity contribution is 0.150. The van der Waals surface area contributed by atoms with Crippen LogP contribution in [0.3, 0.4) is 0 Å². The number of nitrogens with two attached hydrogens (primary N) is 1. The van der Waals surface area contributed by atoms with Crippen LogP contribution in [0.15, 0.2) is 23.1 Å². The number of nitrogens with zero attached hydrogens (tertiary/aromatic N) is 1. The summed E-state index contributed by atoms with van der Waals surface area (Å²) in [7, 11) is -0.621. The molecule has 0 saturated carbocycles. The first-order valence-electron chi connectivity index (χ1n) is 5.96. The fourth-order valence-electron chi connectivity index (χ4n) is 1.56. The van der Waals surface area contributed by atoms with Crippen LogP contribution in [0.2, 0.25) is 5.02 Å². The van der Waals surface area contributed by atoms with Crippen LogP contribution in [0, 0.1) is 0 Å². The number of halogens is 1. The highest BCUT2D eigenvalue weighted by Crippen LogP contribution is 2.24. The van der Waals surface area contributed by atoms with Crippen molar-refractivity contribution in [3.8, 4) is 0 Å². The van der Waals surface area contributed by atoms with E-state index in [2.05, 4.69) is 0 Å². The SMILES string of the molecule is COCCN(CCOC)S(=O)(=O)c1ccc(N)c(Cl)c1. The van der Waals surface area contributed by atoms with Gasteiger partial charge in [0.1, 0.15) is 0 Å². The van der Waals surface area contributed by atoms with Crippen molar-refractivity contribution in [1.29, 1.82) is 0 Å². The van der Waals surface area contributed by atoms with Gasteiger partial charge in [0.15, 0.2) is 0 Å². The standard InChI is InChI=1S/C12H19ClN2O4S/c1-18-7-5-15(6-8-19-2)20(16,17)10-3-4-12(14)11(13)9-10/h3-4,9H,5-8,14H2,1-2H3. The van der Waals surface area contributed by atoms with Gasteiger partial charge in [-0.25, -0.2) is 8.42 Å². The molecule has 114 valence electrons. The molecule has 0 radical (unpaired) electrons. The summed E-state index contributed by atoms with van der Waals surface area (Å²) >= 11 is 5.88. The van der Waals surface area contributed by atoms with Gasteiger partial charge in [-0.2, -0.15) is 4.31 Å². The van der Waals surface area contributed by atoms with E-state index >= 15 is 0 Å². The molecule has 1 rings (SSSR count). The molecule has 20 heavy (non-hydrogen) atoms. The Morgan fingerprint density at radius 1 is 1.20 bits per heavy atom. The Morgan fingerprint density at radius 3 is 2.20 bits per heavy atom. The highest BCUT2D eigenvalue weighted by molar-refractivity contribution is 7.89. The minimum absolute atomic E-state index is 0.101. The number of rotatable bonds is 8. The minimum Gasteiger partial charge on any atom is -0.398 e. The van der Waals surface area contributed by atoms with Crippen molar-refractivity contribution >= 4 is 27.3 Å². The molecular formula is C12H19ClN2O4S. The smallest absolute Gasteiger partial charge is 0.243 e. The number of hydrogen-bond acceptors (Lipinski definition) is 5. The third kappa shape index (κ3) is 4.32. The lowest BCUT2D eigenvalue weighted by Crippen LogP contribution is -2.36. The van der Waals surface area contributed by atoms with Crippen molar-refractivity contribution in [2.45, 2.75) is 4.90 Å². The zero-order valence-electron chi connectivity index (χ0n) is 11.5. The van der Waals surface area contributed by atoms with Gasteiger partial charge in [-0.05, 0) is 18.2 Å². The first kappa shape index (κ1) is 17.2. The van der Waals surface area contributed by atoms with Gasteiger partial charge in [0.2, 0.25) is 10.0 Å². The molecule has 2 N–H and O–H groups in total. The van der Waals surface area contributed by atoms with Crippen LogP contribution in [0.4, 0.5) is 5.69 Å².